The lowest BCUT2D eigenvalue weighted by Crippen LogP contribution is -2.46. The van der Waals surface area contributed by atoms with Crippen molar-refractivity contribution in [3.63, 3.8) is 0 Å². The van der Waals surface area contributed by atoms with E-state index in [2.05, 4.69) is 63.2 Å². The van der Waals surface area contributed by atoms with Crippen molar-refractivity contribution < 1.29 is 0 Å². The molecule has 1 rings (SSSR count). The van der Waals surface area contributed by atoms with Crippen LogP contribution >= 0.6 is 0 Å². The standard InChI is InChI=1S/C15H26N2/c1-12-7-8-14(13(2)9-12)10-17(6)11-15(3,4)16-5/h7-9,16H,10-11H2,1-6H3. The Morgan fingerprint density at radius 1 is 1.24 bits per heavy atom. The molecule has 0 fully saturated rings. The fourth-order valence-electron chi connectivity index (χ4n) is 2.12. The quantitative estimate of drug-likeness (QED) is 0.843. The zero-order valence-corrected chi connectivity index (χ0v) is 12.1. The van der Waals surface area contributed by atoms with E-state index < -0.39 is 0 Å². The number of nitrogens with zero attached hydrogens (tertiary/aromatic N) is 1. The number of rotatable bonds is 5. The lowest BCUT2D eigenvalue weighted by atomic mass is 10.0. The highest BCUT2D eigenvalue weighted by atomic mass is 15.1. The van der Waals surface area contributed by atoms with Gasteiger partial charge < -0.3 is 10.2 Å². The monoisotopic (exact) mass is 234 g/mol. The van der Waals surface area contributed by atoms with E-state index in [1.165, 1.54) is 16.7 Å². The highest BCUT2D eigenvalue weighted by Gasteiger charge is 2.17. The molecule has 96 valence electrons. The van der Waals surface area contributed by atoms with E-state index in [1.54, 1.807) is 0 Å². The van der Waals surface area contributed by atoms with Gasteiger partial charge in [0, 0.05) is 18.6 Å². The molecule has 0 radical (unpaired) electrons. The molecule has 0 saturated carbocycles. The molecule has 0 saturated heterocycles. The van der Waals surface area contributed by atoms with Gasteiger partial charge in [0.1, 0.15) is 0 Å². The lowest BCUT2D eigenvalue weighted by Gasteiger charge is -2.30. The molecule has 0 aliphatic heterocycles. The van der Waals surface area contributed by atoms with Gasteiger partial charge in [0.05, 0.1) is 0 Å². The van der Waals surface area contributed by atoms with Crippen LogP contribution in [0.25, 0.3) is 0 Å². The Morgan fingerprint density at radius 2 is 1.88 bits per heavy atom. The summed E-state index contributed by atoms with van der Waals surface area (Å²) in [4.78, 5) is 2.37. The molecule has 2 heteroatoms. The fourth-order valence-corrected chi connectivity index (χ4v) is 2.12. The first-order valence-electron chi connectivity index (χ1n) is 6.27. The van der Waals surface area contributed by atoms with Gasteiger partial charge in [0.15, 0.2) is 0 Å². The van der Waals surface area contributed by atoms with Gasteiger partial charge in [-0.05, 0) is 52.9 Å². The summed E-state index contributed by atoms with van der Waals surface area (Å²) < 4.78 is 0. The van der Waals surface area contributed by atoms with Crippen molar-refractivity contribution in [3.8, 4) is 0 Å². The summed E-state index contributed by atoms with van der Waals surface area (Å²) in [5.74, 6) is 0. The van der Waals surface area contributed by atoms with Crippen LogP contribution in [0.3, 0.4) is 0 Å². The second-order valence-electron chi connectivity index (χ2n) is 5.74. The van der Waals surface area contributed by atoms with Crippen LogP contribution in [-0.2, 0) is 6.54 Å². The van der Waals surface area contributed by atoms with Crippen molar-refractivity contribution >= 4 is 0 Å². The maximum absolute atomic E-state index is 3.34. The van der Waals surface area contributed by atoms with E-state index in [1.807, 2.05) is 7.05 Å². The summed E-state index contributed by atoms with van der Waals surface area (Å²) in [6, 6.07) is 6.69. The van der Waals surface area contributed by atoms with Gasteiger partial charge in [-0.1, -0.05) is 23.8 Å². The van der Waals surface area contributed by atoms with Crippen LogP contribution in [0.5, 0.6) is 0 Å². The van der Waals surface area contributed by atoms with Gasteiger partial charge >= 0.3 is 0 Å². The minimum Gasteiger partial charge on any atom is -0.314 e. The van der Waals surface area contributed by atoms with Crippen molar-refractivity contribution in [1.82, 2.24) is 10.2 Å². The largest absolute Gasteiger partial charge is 0.314 e. The Morgan fingerprint density at radius 3 is 2.41 bits per heavy atom. The molecule has 0 bridgehead atoms. The third-order valence-electron chi connectivity index (χ3n) is 3.28. The number of aryl methyl sites for hydroxylation is 2. The normalized spacial score (nSPS) is 12.2. The van der Waals surface area contributed by atoms with Crippen LogP contribution in [0, 0.1) is 13.8 Å². The first-order valence-corrected chi connectivity index (χ1v) is 6.27. The van der Waals surface area contributed by atoms with E-state index in [9.17, 15) is 0 Å². The van der Waals surface area contributed by atoms with Crippen LogP contribution in [0.1, 0.15) is 30.5 Å². The summed E-state index contributed by atoms with van der Waals surface area (Å²) in [6.45, 7) is 10.8. The van der Waals surface area contributed by atoms with Crippen molar-refractivity contribution in [2.75, 3.05) is 20.6 Å². The topological polar surface area (TPSA) is 15.3 Å². The van der Waals surface area contributed by atoms with E-state index in [-0.39, 0.29) is 5.54 Å². The van der Waals surface area contributed by atoms with Crippen molar-refractivity contribution in [2.45, 2.75) is 39.8 Å². The maximum atomic E-state index is 3.34. The van der Waals surface area contributed by atoms with Crippen molar-refractivity contribution in [1.29, 1.82) is 0 Å². The zero-order chi connectivity index (χ0) is 13.1. The highest BCUT2D eigenvalue weighted by Crippen LogP contribution is 2.14. The molecule has 0 aromatic heterocycles. The van der Waals surface area contributed by atoms with Gasteiger partial charge in [-0.3, -0.25) is 0 Å². The Kier molecular flexibility index (Phi) is 4.72. The molecule has 0 atom stereocenters. The third kappa shape index (κ3) is 4.49. The van der Waals surface area contributed by atoms with Crippen LogP contribution in [0.4, 0.5) is 0 Å². The predicted molar refractivity (Wildman–Crippen MR) is 75.4 cm³/mol. The SMILES string of the molecule is CNC(C)(C)CN(C)Cc1ccc(C)cc1C. The van der Waals surface area contributed by atoms with Gasteiger partial charge in [0.25, 0.3) is 0 Å². The highest BCUT2D eigenvalue weighted by molar-refractivity contribution is 5.30. The molecule has 0 aliphatic carbocycles. The van der Waals surface area contributed by atoms with E-state index in [0.29, 0.717) is 0 Å². The predicted octanol–water partition coefficient (Wildman–Crippen LogP) is 2.73. The molecular weight excluding hydrogens is 208 g/mol. The number of benzene rings is 1. The van der Waals surface area contributed by atoms with E-state index in [0.717, 1.165) is 13.1 Å². The number of hydrogen-bond donors (Lipinski definition) is 1. The molecular formula is C15H26N2. The lowest BCUT2D eigenvalue weighted by molar-refractivity contribution is 0.238. The molecule has 0 aliphatic rings. The summed E-state index contributed by atoms with van der Waals surface area (Å²) in [5, 5.41) is 3.34. The average Bonchev–Trinajstić information content (AvgIpc) is 2.21. The number of likely N-dealkylation sites (N-methyl/N-ethyl adjacent to an activating group) is 2. The fraction of sp³-hybridized carbons (Fsp3) is 0.600. The molecule has 2 nitrogen and oxygen atoms in total. The Labute approximate surface area is 106 Å². The molecule has 0 spiro atoms. The van der Waals surface area contributed by atoms with Gasteiger partial charge in [-0.2, -0.15) is 0 Å². The second-order valence-corrected chi connectivity index (χ2v) is 5.74. The molecule has 0 amide bonds. The third-order valence-corrected chi connectivity index (χ3v) is 3.28. The minimum absolute atomic E-state index is 0.160. The first kappa shape index (κ1) is 14.2. The average molecular weight is 234 g/mol. The smallest absolute Gasteiger partial charge is 0.0249 e. The van der Waals surface area contributed by atoms with Gasteiger partial charge in [-0.15, -0.1) is 0 Å². The number of hydrogen-bond acceptors (Lipinski definition) is 2. The molecule has 1 aromatic rings. The minimum atomic E-state index is 0.160. The Balaban J connectivity index is 2.65. The Bertz CT molecular complexity index is 369. The van der Waals surface area contributed by atoms with Crippen molar-refractivity contribution in [3.05, 3.63) is 34.9 Å². The second kappa shape index (κ2) is 5.65. The van der Waals surface area contributed by atoms with E-state index in [4.69, 9.17) is 0 Å². The van der Waals surface area contributed by atoms with Crippen molar-refractivity contribution in [2.24, 2.45) is 0 Å². The van der Waals surface area contributed by atoms with E-state index >= 15 is 0 Å². The molecule has 0 heterocycles. The van der Waals surface area contributed by atoms with Gasteiger partial charge in [0.2, 0.25) is 0 Å². The maximum Gasteiger partial charge on any atom is 0.0249 e. The summed E-state index contributed by atoms with van der Waals surface area (Å²) in [6.07, 6.45) is 0. The summed E-state index contributed by atoms with van der Waals surface area (Å²) in [5.41, 5.74) is 4.31. The van der Waals surface area contributed by atoms with Crippen LogP contribution < -0.4 is 5.32 Å². The summed E-state index contributed by atoms with van der Waals surface area (Å²) in [7, 11) is 4.20. The first-order chi connectivity index (χ1) is 7.84. The molecule has 0 unspecified atom stereocenters. The zero-order valence-electron chi connectivity index (χ0n) is 12.1. The Hall–Kier alpha value is -0.860. The molecule has 1 N–H and O–H groups in total. The van der Waals surface area contributed by atoms with Gasteiger partial charge in [-0.25, -0.2) is 0 Å². The number of nitrogens with one attached hydrogen (secondary N) is 1. The van der Waals surface area contributed by atoms with Crippen LogP contribution in [-0.4, -0.2) is 31.1 Å². The van der Waals surface area contributed by atoms with Crippen LogP contribution in [0.15, 0.2) is 18.2 Å². The summed E-state index contributed by atoms with van der Waals surface area (Å²) >= 11 is 0. The van der Waals surface area contributed by atoms with Crippen LogP contribution in [0.2, 0.25) is 0 Å². The molecule has 17 heavy (non-hydrogen) atoms. The molecule has 1 aromatic carbocycles.